The molecule has 1 fully saturated rings. The summed E-state index contributed by atoms with van der Waals surface area (Å²) in [6, 6.07) is 2.10. The average molecular weight is 355 g/mol. The lowest BCUT2D eigenvalue weighted by Crippen LogP contribution is -2.37. The van der Waals surface area contributed by atoms with Crippen LogP contribution in [0.2, 0.25) is 0 Å². The van der Waals surface area contributed by atoms with Gasteiger partial charge in [-0.05, 0) is 30.9 Å². The van der Waals surface area contributed by atoms with Crippen LogP contribution in [-0.2, 0) is 19.1 Å². The molecule has 25 heavy (non-hydrogen) atoms. The van der Waals surface area contributed by atoms with Crippen LogP contribution in [0, 0.1) is 5.92 Å². The van der Waals surface area contributed by atoms with E-state index >= 15 is 0 Å². The summed E-state index contributed by atoms with van der Waals surface area (Å²) in [6.07, 6.45) is 0.977. The second-order valence-corrected chi connectivity index (χ2v) is 6.26. The standard InChI is InChI=1S/C16H20F3N5O/c17-16(18,19)13-3-5-20-15(8-13)23-6-1-2-12(9-23)10-24-11-14(4-7-25)21-22-24/h3,5,8,11-12,25H,1-2,4,6-7,9-10H2. The van der Waals surface area contributed by atoms with E-state index < -0.39 is 11.7 Å². The highest BCUT2D eigenvalue weighted by Gasteiger charge is 2.31. The molecule has 9 heteroatoms. The number of anilines is 1. The zero-order valence-electron chi connectivity index (χ0n) is 13.7. The Bertz CT molecular complexity index is 703. The van der Waals surface area contributed by atoms with Gasteiger partial charge in [0.25, 0.3) is 0 Å². The van der Waals surface area contributed by atoms with Crippen molar-refractivity contribution in [1.82, 2.24) is 20.0 Å². The monoisotopic (exact) mass is 355 g/mol. The van der Waals surface area contributed by atoms with E-state index in [4.69, 9.17) is 5.11 Å². The third kappa shape index (κ3) is 4.47. The van der Waals surface area contributed by atoms with E-state index in [-0.39, 0.29) is 12.5 Å². The first-order valence-corrected chi connectivity index (χ1v) is 8.24. The van der Waals surface area contributed by atoms with Gasteiger partial charge in [0.15, 0.2) is 0 Å². The first kappa shape index (κ1) is 17.7. The Balaban J connectivity index is 1.66. The fourth-order valence-corrected chi connectivity index (χ4v) is 3.11. The van der Waals surface area contributed by atoms with Gasteiger partial charge < -0.3 is 10.0 Å². The van der Waals surface area contributed by atoms with Gasteiger partial charge in [-0.25, -0.2) is 4.98 Å². The predicted molar refractivity (Wildman–Crippen MR) is 85.0 cm³/mol. The first-order chi connectivity index (χ1) is 12.0. The molecule has 3 rings (SSSR count). The Morgan fingerprint density at radius 1 is 1.32 bits per heavy atom. The van der Waals surface area contributed by atoms with Gasteiger partial charge in [-0.3, -0.25) is 4.68 Å². The van der Waals surface area contributed by atoms with Crippen molar-refractivity contribution < 1.29 is 18.3 Å². The number of aliphatic hydroxyl groups excluding tert-OH is 1. The van der Waals surface area contributed by atoms with Crippen molar-refractivity contribution in [3.8, 4) is 0 Å². The molecular formula is C16H20F3N5O. The lowest BCUT2D eigenvalue weighted by Gasteiger charge is -2.33. The molecule has 1 atom stereocenters. The molecule has 1 aliphatic rings. The molecule has 1 saturated heterocycles. The molecule has 2 aromatic rings. The molecule has 136 valence electrons. The van der Waals surface area contributed by atoms with E-state index in [1.54, 1.807) is 10.9 Å². The summed E-state index contributed by atoms with van der Waals surface area (Å²) in [7, 11) is 0. The van der Waals surface area contributed by atoms with Gasteiger partial charge in [0, 0.05) is 45.1 Å². The summed E-state index contributed by atoms with van der Waals surface area (Å²) in [5.41, 5.74) is 0.0549. The number of pyridine rings is 1. The van der Waals surface area contributed by atoms with Crippen LogP contribution in [0.3, 0.4) is 0 Å². The van der Waals surface area contributed by atoms with Gasteiger partial charge in [-0.1, -0.05) is 5.21 Å². The molecule has 3 heterocycles. The summed E-state index contributed by atoms with van der Waals surface area (Å²) < 4.78 is 40.4. The summed E-state index contributed by atoms with van der Waals surface area (Å²) in [6.45, 7) is 1.99. The third-order valence-electron chi connectivity index (χ3n) is 4.32. The molecule has 6 nitrogen and oxygen atoms in total. The fourth-order valence-electron chi connectivity index (χ4n) is 3.11. The van der Waals surface area contributed by atoms with Crippen LogP contribution in [0.15, 0.2) is 24.5 Å². The van der Waals surface area contributed by atoms with E-state index in [1.165, 1.54) is 6.20 Å². The molecule has 1 aliphatic heterocycles. The molecule has 0 amide bonds. The van der Waals surface area contributed by atoms with Crippen LogP contribution in [0.1, 0.15) is 24.1 Å². The van der Waals surface area contributed by atoms with E-state index in [0.717, 1.165) is 30.7 Å². The van der Waals surface area contributed by atoms with Crippen LogP contribution < -0.4 is 4.90 Å². The maximum absolute atomic E-state index is 12.9. The van der Waals surface area contributed by atoms with Crippen molar-refractivity contribution in [1.29, 1.82) is 0 Å². The normalized spacial score (nSPS) is 18.6. The Kier molecular flexibility index (Phi) is 5.22. The van der Waals surface area contributed by atoms with Gasteiger partial charge in [-0.2, -0.15) is 13.2 Å². The number of rotatable bonds is 5. The van der Waals surface area contributed by atoms with E-state index in [2.05, 4.69) is 15.3 Å². The number of nitrogens with zero attached hydrogens (tertiary/aromatic N) is 5. The van der Waals surface area contributed by atoms with E-state index in [0.29, 0.717) is 31.9 Å². The number of alkyl halides is 3. The zero-order chi connectivity index (χ0) is 17.9. The molecule has 0 aromatic carbocycles. The topological polar surface area (TPSA) is 67.1 Å². The molecule has 0 spiro atoms. The molecule has 0 radical (unpaired) electrons. The van der Waals surface area contributed by atoms with Gasteiger partial charge in [-0.15, -0.1) is 5.10 Å². The zero-order valence-corrected chi connectivity index (χ0v) is 13.7. The summed E-state index contributed by atoms with van der Waals surface area (Å²) in [4.78, 5) is 6.01. The smallest absolute Gasteiger partial charge is 0.396 e. The summed E-state index contributed by atoms with van der Waals surface area (Å²) in [5.74, 6) is 0.618. The van der Waals surface area contributed by atoms with E-state index in [1.807, 2.05) is 4.90 Å². The number of halogens is 3. The average Bonchev–Trinajstić information content (AvgIpc) is 3.02. The second kappa shape index (κ2) is 7.38. The van der Waals surface area contributed by atoms with Crippen molar-refractivity contribution in [3.63, 3.8) is 0 Å². The van der Waals surface area contributed by atoms with Crippen molar-refractivity contribution in [2.45, 2.75) is 32.0 Å². The largest absolute Gasteiger partial charge is 0.416 e. The van der Waals surface area contributed by atoms with Crippen molar-refractivity contribution in [2.24, 2.45) is 5.92 Å². The maximum atomic E-state index is 12.9. The third-order valence-corrected chi connectivity index (χ3v) is 4.32. The first-order valence-electron chi connectivity index (χ1n) is 8.24. The molecule has 1 N–H and O–H groups in total. The Morgan fingerprint density at radius 3 is 2.92 bits per heavy atom. The number of aliphatic hydroxyl groups is 1. The summed E-state index contributed by atoms with van der Waals surface area (Å²) >= 11 is 0. The van der Waals surface area contributed by atoms with Crippen molar-refractivity contribution in [2.75, 3.05) is 24.6 Å². The fraction of sp³-hybridized carbons (Fsp3) is 0.562. The highest BCUT2D eigenvalue weighted by atomic mass is 19.4. The predicted octanol–water partition coefficient (Wildman–Crippen LogP) is 2.14. The minimum atomic E-state index is -4.36. The second-order valence-electron chi connectivity index (χ2n) is 6.26. The number of hydrogen-bond donors (Lipinski definition) is 1. The van der Waals surface area contributed by atoms with Crippen molar-refractivity contribution in [3.05, 3.63) is 35.8 Å². The van der Waals surface area contributed by atoms with Gasteiger partial charge >= 0.3 is 6.18 Å². The van der Waals surface area contributed by atoms with Crippen LogP contribution in [0.4, 0.5) is 19.0 Å². The van der Waals surface area contributed by atoms with Crippen LogP contribution in [-0.4, -0.2) is 44.8 Å². The number of hydrogen-bond acceptors (Lipinski definition) is 5. The molecule has 0 saturated carbocycles. The van der Waals surface area contributed by atoms with Gasteiger partial charge in [0.2, 0.25) is 0 Å². The quantitative estimate of drug-likeness (QED) is 0.890. The Hall–Kier alpha value is -2.16. The maximum Gasteiger partial charge on any atom is 0.416 e. The number of piperidine rings is 1. The van der Waals surface area contributed by atoms with E-state index in [9.17, 15) is 13.2 Å². The Labute approximate surface area is 143 Å². The molecule has 0 bridgehead atoms. The molecule has 0 aliphatic carbocycles. The van der Waals surface area contributed by atoms with Crippen LogP contribution >= 0.6 is 0 Å². The highest BCUT2D eigenvalue weighted by molar-refractivity contribution is 5.42. The minimum absolute atomic E-state index is 0.0249. The van der Waals surface area contributed by atoms with Gasteiger partial charge in [0.05, 0.1) is 11.3 Å². The molecular weight excluding hydrogens is 335 g/mol. The molecule has 2 aromatic heterocycles. The Morgan fingerprint density at radius 2 is 2.16 bits per heavy atom. The summed E-state index contributed by atoms with van der Waals surface area (Å²) in [5, 5.41) is 17.0. The minimum Gasteiger partial charge on any atom is -0.396 e. The lowest BCUT2D eigenvalue weighted by molar-refractivity contribution is -0.137. The van der Waals surface area contributed by atoms with Crippen molar-refractivity contribution >= 4 is 5.82 Å². The molecule has 1 unspecified atom stereocenters. The SMILES string of the molecule is OCCc1cn(CC2CCCN(c3cc(C(F)(F)F)ccn3)C2)nn1. The van der Waals surface area contributed by atoms with Crippen LogP contribution in [0.25, 0.3) is 0 Å². The number of aromatic nitrogens is 4. The van der Waals surface area contributed by atoms with Gasteiger partial charge in [0.1, 0.15) is 5.82 Å². The van der Waals surface area contributed by atoms with Crippen LogP contribution in [0.5, 0.6) is 0 Å². The lowest BCUT2D eigenvalue weighted by atomic mass is 9.98. The highest BCUT2D eigenvalue weighted by Crippen LogP contribution is 2.31.